The predicted octanol–water partition coefficient (Wildman–Crippen LogP) is 3.28. The molecule has 0 bridgehead atoms. The standard InChI is InChI=1S/C14H18ClNO/c1-11-5-4-10-16(11)14(17)9-8-12-6-2-3-7-13(12)15/h2-3,6-7,11H,4-5,8-10H2,1H3/t11-/m1/s1. The van der Waals surface area contributed by atoms with E-state index in [2.05, 4.69) is 6.92 Å². The summed E-state index contributed by atoms with van der Waals surface area (Å²) < 4.78 is 0. The Kier molecular flexibility index (Phi) is 4.06. The van der Waals surface area contributed by atoms with Gasteiger partial charge in [0.2, 0.25) is 5.91 Å². The quantitative estimate of drug-likeness (QED) is 0.807. The van der Waals surface area contributed by atoms with Crippen LogP contribution in [0.4, 0.5) is 0 Å². The molecular weight excluding hydrogens is 234 g/mol. The molecule has 17 heavy (non-hydrogen) atoms. The molecule has 0 aliphatic carbocycles. The zero-order valence-electron chi connectivity index (χ0n) is 10.2. The molecule has 0 saturated carbocycles. The second-order valence-electron chi connectivity index (χ2n) is 4.67. The molecule has 1 fully saturated rings. The minimum absolute atomic E-state index is 0.259. The van der Waals surface area contributed by atoms with Crippen molar-refractivity contribution in [3.05, 3.63) is 34.9 Å². The number of nitrogens with zero attached hydrogens (tertiary/aromatic N) is 1. The van der Waals surface area contributed by atoms with Crippen molar-refractivity contribution in [2.45, 2.75) is 38.6 Å². The van der Waals surface area contributed by atoms with E-state index in [0.29, 0.717) is 12.5 Å². The lowest BCUT2D eigenvalue weighted by molar-refractivity contribution is -0.131. The third-order valence-corrected chi connectivity index (χ3v) is 3.81. The van der Waals surface area contributed by atoms with Crippen LogP contribution in [0.3, 0.4) is 0 Å². The molecule has 1 aromatic carbocycles. The Morgan fingerprint density at radius 2 is 2.24 bits per heavy atom. The average molecular weight is 252 g/mol. The number of benzene rings is 1. The zero-order chi connectivity index (χ0) is 12.3. The van der Waals surface area contributed by atoms with E-state index in [0.717, 1.165) is 36.4 Å². The lowest BCUT2D eigenvalue weighted by Crippen LogP contribution is -2.33. The second-order valence-corrected chi connectivity index (χ2v) is 5.08. The number of carbonyl (C=O) groups is 1. The van der Waals surface area contributed by atoms with E-state index in [4.69, 9.17) is 11.6 Å². The van der Waals surface area contributed by atoms with E-state index in [9.17, 15) is 4.79 Å². The van der Waals surface area contributed by atoms with Crippen LogP contribution in [-0.2, 0) is 11.2 Å². The number of hydrogen-bond donors (Lipinski definition) is 0. The number of halogens is 1. The molecule has 92 valence electrons. The largest absolute Gasteiger partial charge is 0.340 e. The Bertz CT molecular complexity index is 405. The summed E-state index contributed by atoms with van der Waals surface area (Å²) in [5.74, 6) is 0.259. The molecule has 2 nitrogen and oxygen atoms in total. The number of amides is 1. The van der Waals surface area contributed by atoms with Crippen molar-refractivity contribution in [3.63, 3.8) is 0 Å². The van der Waals surface area contributed by atoms with E-state index in [1.54, 1.807) is 0 Å². The lowest BCUT2D eigenvalue weighted by Gasteiger charge is -2.21. The molecular formula is C14H18ClNO. The van der Waals surface area contributed by atoms with E-state index < -0.39 is 0 Å². The first-order chi connectivity index (χ1) is 8.18. The van der Waals surface area contributed by atoms with Crippen LogP contribution in [0.1, 0.15) is 31.7 Å². The molecule has 1 saturated heterocycles. The fourth-order valence-corrected chi connectivity index (χ4v) is 2.62. The minimum atomic E-state index is 0.259. The molecule has 1 atom stereocenters. The Hall–Kier alpha value is -1.02. The van der Waals surface area contributed by atoms with Gasteiger partial charge in [0.1, 0.15) is 0 Å². The number of likely N-dealkylation sites (tertiary alicyclic amines) is 1. The van der Waals surface area contributed by atoms with Crippen LogP contribution in [-0.4, -0.2) is 23.4 Å². The third kappa shape index (κ3) is 3.01. The molecule has 2 rings (SSSR count). The Balaban J connectivity index is 1.90. The second kappa shape index (κ2) is 5.54. The van der Waals surface area contributed by atoms with E-state index >= 15 is 0 Å². The van der Waals surface area contributed by atoms with Crippen LogP contribution in [0, 0.1) is 0 Å². The van der Waals surface area contributed by atoms with Crippen molar-refractivity contribution < 1.29 is 4.79 Å². The van der Waals surface area contributed by atoms with Crippen LogP contribution in [0.25, 0.3) is 0 Å². The van der Waals surface area contributed by atoms with E-state index in [1.165, 1.54) is 0 Å². The monoisotopic (exact) mass is 251 g/mol. The maximum atomic E-state index is 12.0. The van der Waals surface area contributed by atoms with Crippen LogP contribution in [0.5, 0.6) is 0 Å². The lowest BCUT2D eigenvalue weighted by atomic mass is 10.1. The highest BCUT2D eigenvalue weighted by atomic mass is 35.5. The van der Waals surface area contributed by atoms with Crippen molar-refractivity contribution in [3.8, 4) is 0 Å². The Labute approximate surface area is 108 Å². The number of carbonyl (C=O) groups excluding carboxylic acids is 1. The normalized spacial score (nSPS) is 19.6. The van der Waals surface area contributed by atoms with Crippen LogP contribution in [0.2, 0.25) is 5.02 Å². The molecule has 1 aromatic rings. The first-order valence-electron chi connectivity index (χ1n) is 6.21. The van der Waals surface area contributed by atoms with Gasteiger partial charge in [-0.3, -0.25) is 4.79 Å². The van der Waals surface area contributed by atoms with Crippen molar-refractivity contribution >= 4 is 17.5 Å². The SMILES string of the molecule is C[C@@H]1CCCN1C(=O)CCc1ccccc1Cl. The van der Waals surface area contributed by atoms with Gasteiger partial charge in [-0.2, -0.15) is 0 Å². The first-order valence-corrected chi connectivity index (χ1v) is 6.59. The maximum absolute atomic E-state index is 12.0. The molecule has 0 radical (unpaired) electrons. The van der Waals surface area contributed by atoms with Gasteiger partial charge in [-0.05, 0) is 37.8 Å². The molecule has 3 heteroatoms. The third-order valence-electron chi connectivity index (χ3n) is 3.44. The van der Waals surface area contributed by atoms with E-state index in [1.807, 2.05) is 29.2 Å². The van der Waals surface area contributed by atoms with Crippen molar-refractivity contribution in [1.82, 2.24) is 4.90 Å². The van der Waals surface area contributed by atoms with Crippen molar-refractivity contribution in [2.24, 2.45) is 0 Å². The highest BCUT2D eigenvalue weighted by molar-refractivity contribution is 6.31. The topological polar surface area (TPSA) is 20.3 Å². The van der Waals surface area contributed by atoms with Gasteiger partial charge in [-0.25, -0.2) is 0 Å². The summed E-state index contributed by atoms with van der Waals surface area (Å²) in [5, 5.41) is 0.759. The zero-order valence-corrected chi connectivity index (χ0v) is 10.9. The van der Waals surface area contributed by atoms with E-state index in [-0.39, 0.29) is 5.91 Å². The summed E-state index contributed by atoms with van der Waals surface area (Å²) in [4.78, 5) is 14.0. The molecule has 0 unspecified atom stereocenters. The summed E-state index contributed by atoms with van der Waals surface area (Å²) in [6.45, 7) is 3.04. The summed E-state index contributed by atoms with van der Waals surface area (Å²) in [7, 11) is 0. The molecule has 1 aliphatic rings. The molecule has 0 N–H and O–H groups in total. The van der Waals surface area contributed by atoms with Crippen molar-refractivity contribution in [1.29, 1.82) is 0 Å². The average Bonchev–Trinajstić information content (AvgIpc) is 2.74. The molecule has 0 spiro atoms. The number of hydrogen-bond acceptors (Lipinski definition) is 1. The Morgan fingerprint density at radius 1 is 1.47 bits per heavy atom. The predicted molar refractivity (Wildman–Crippen MR) is 70.2 cm³/mol. The number of aryl methyl sites for hydroxylation is 1. The van der Waals surface area contributed by atoms with Gasteiger partial charge in [0.15, 0.2) is 0 Å². The molecule has 1 heterocycles. The highest BCUT2D eigenvalue weighted by Gasteiger charge is 2.24. The van der Waals surface area contributed by atoms with Gasteiger partial charge >= 0.3 is 0 Å². The van der Waals surface area contributed by atoms with Gasteiger partial charge in [0.05, 0.1) is 0 Å². The summed E-state index contributed by atoms with van der Waals surface area (Å²) in [5.41, 5.74) is 1.06. The van der Waals surface area contributed by atoms with Crippen LogP contribution >= 0.6 is 11.6 Å². The molecule has 0 aromatic heterocycles. The highest BCUT2D eigenvalue weighted by Crippen LogP contribution is 2.20. The minimum Gasteiger partial charge on any atom is -0.340 e. The van der Waals surface area contributed by atoms with Crippen LogP contribution < -0.4 is 0 Å². The fourth-order valence-electron chi connectivity index (χ4n) is 2.39. The first kappa shape index (κ1) is 12.4. The summed E-state index contributed by atoms with van der Waals surface area (Å²) >= 11 is 6.07. The summed E-state index contributed by atoms with van der Waals surface area (Å²) in [6.07, 6.45) is 3.58. The summed E-state index contributed by atoms with van der Waals surface area (Å²) in [6, 6.07) is 8.15. The number of rotatable bonds is 3. The Morgan fingerprint density at radius 3 is 2.88 bits per heavy atom. The van der Waals surface area contributed by atoms with Gasteiger partial charge in [0, 0.05) is 24.0 Å². The van der Waals surface area contributed by atoms with Crippen molar-refractivity contribution in [2.75, 3.05) is 6.54 Å². The molecule has 1 amide bonds. The van der Waals surface area contributed by atoms with Gasteiger partial charge in [-0.15, -0.1) is 0 Å². The smallest absolute Gasteiger partial charge is 0.223 e. The van der Waals surface area contributed by atoms with Gasteiger partial charge < -0.3 is 4.90 Å². The van der Waals surface area contributed by atoms with Gasteiger partial charge in [-0.1, -0.05) is 29.8 Å². The molecule has 1 aliphatic heterocycles. The maximum Gasteiger partial charge on any atom is 0.223 e. The van der Waals surface area contributed by atoms with Gasteiger partial charge in [0.25, 0.3) is 0 Å². The van der Waals surface area contributed by atoms with Crippen LogP contribution in [0.15, 0.2) is 24.3 Å². The fraction of sp³-hybridized carbons (Fsp3) is 0.500.